The van der Waals surface area contributed by atoms with Gasteiger partial charge in [0.05, 0.1) is 10.9 Å². The van der Waals surface area contributed by atoms with Crippen LogP contribution in [0.15, 0.2) is 30.3 Å². The zero-order valence-electron chi connectivity index (χ0n) is 15.2. The van der Waals surface area contributed by atoms with E-state index in [2.05, 4.69) is 19.2 Å². The minimum absolute atomic E-state index is 0.0985. The Morgan fingerprint density at radius 3 is 2.44 bits per heavy atom. The van der Waals surface area contributed by atoms with Gasteiger partial charge >= 0.3 is 0 Å². The molecule has 1 amide bonds. The highest BCUT2D eigenvalue weighted by Gasteiger charge is 2.47. The summed E-state index contributed by atoms with van der Waals surface area (Å²) in [5.74, 6) is 0.725. The predicted molar refractivity (Wildman–Crippen MR) is 99.8 cm³/mol. The highest BCUT2D eigenvalue weighted by Crippen LogP contribution is 2.41. The van der Waals surface area contributed by atoms with Crippen LogP contribution in [0, 0.1) is 17.8 Å². The van der Waals surface area contributed by atoms with Crippen LogP contribution in [0.3, 0.4) is 0 Å². The fourth-order valence-electron chi connectivity index (χ4n) is 4.58. The third kappa shape index (κ3) is 3.41. The van der Waals surface area contributed by atoms with E-state index in [1.54, 1.807) is 0 Å². The first kappa shape index (κ1) is 18.2. The Balaban J connectivity index is 1.87. The number of para-hydroxylation sites is 1. The van der Waals surface area contributed by atoms with Gasteiger partial charge in [-0.2, -0.15) is 0 Å². The summed E-state index contributed by atoms with van der Waals surface area (Å²) in [5, 5.41) is 2.71. The Morgan fingerprint density at radius 1 is 1.12 bits per heavy atom. The van der Waals surface area contributed by atoms with Crippen molar-refractivity contribution in [2.75, 3.05) is 10.8 Å². The van der Waals surface area contributed by atoms with Gasteiger partial charge in [-0.1, -0.05) is 32.0 Å². The van der Waals surface area contributed by atoms with Gasteiger partial charge in [0.25, 0.3) is 0 Å². The molecule has 5 atom stereocenters. The molecule has 0 aromatic heterocycles. The van der Waals surface area contributed by atoms with Crippen molar-refractivity contribution in [1.29, 1.82) is 0 Å². The normalized spacial score (nSPS) is 32.6. The fourth-order valence-corrected chi connectivity index (χ4v) is 6.73. The molecule has 1 saturated heterocycles. The van der Waals surface area contributed by atoms with Crippen LogP contribution < -0.4 is 9.62 Å². The number of nitrogens with one attached hydrogen (secondary N) is 1. The lowest BCUT2D eigenvalue weighted by molar-refractivity contribution is -0.127. The van der Waals surface area contributed by atoms with Gasteiger partial charge < -0.3 is 5.32 Å². The van der Waals surface area contributed by atoms with Crippen molar-refractivity contribution in [3.05, 3.63) is 30.3 Å². The summed E-state index contributed by atoms with van der Waals surface area (Å²) in [7, 11) is -3.43. The molecule has 1 aromatic carbocycles. The van der Waals surface area contributed by atoms with E-state index in [0.29, 0.717) is 25.8 Å². The summed E-state index contributed by atoms with van der Waals surface area (Å²) in [6.45, 7) is 6.45. The topological polar surface area (TPSA) is 66.5 Å². The van der Waals surface area contributed by atoms with Crippen molar-refractivity contribution in [3.63, 3.8) is 0 Å². The van der Waals surface area contributed by atoms with Gasteiger partial charge in [0.15, 0.2) is 0 Å². The van der Waals surface area contributed by atoms with Crippen LogP contribution in [0.25, 0.3) is 0 Å². The summed E-state index contributed by atoms with van der Waals surface area (Å²) >= 11 is 0. The summed E-state index contributed by atoms with van der Waals surface area (Å²) in [6.07, 6.45) is 1.72. The summed E-state index contributed by atoms with van der Waals surface area (Å²) in [5.41, 5.74) is 0.727. The highest BCUT2D eigenvalue weighted by atomic mass is 32.2. The lowest BCUT2D eigenvalue weighted by Crippen LogP contribution is -2.57. The molecule has 1 heterocycles. The highest BCUT2D eigenvalue weighted by molar-refractivity contribution is 7.93. The second-order valence-electron chi connectivity index (χ2n) is 7.55. The number of piperidine rings is 1. The number of carbonyl (C=O) groups excluding carboxylic acids is 1. The average Bonchev–Trinajstić information content (AvgIpc) is 2.57. The van der Waals surface area contributed by atoms with Crippen LogP contribution in [0.2, 0.25) is 0 Å². The van der Waals surface area contributed by atoms with Crippen LogP contribution in [-0.4, -0.2) is 32.2 Å². The Bertz CT molecular complexity index is 719. The molecule has 0 radical (unpaired) electrons. The zero-order valence-corrected chi connectivity index (χ0v) is 16.0. The first-order valence-electron chi connectivity index (χ1n) is 9.20. The molecule has 1 saturated carbocycles. The molecule has 0 bridgehead atoms. The molecular formula is C19H28N2O3S. The maximum absolute atomic E-state index is 13.3. The molecule has 2 aliphatic rings. The summed E-state index contributed by atoms with van der Waals surface area (Å²) in [6, 6.07) is 9.43. The van der Waals surface area contributed by atoms with E-state index in [4.69, 9.17) is 0 Å². The number of fused-ring (bicyclic) bond motifs is 1. The Labute approximate surface area is 150 Å². The smallest absolute Gasteiger partial charge is 0.238 e. The van der Waals surface area contributed by atoms with Crippen molar-refractivity contribution in [2.45, 2.75) is 51.3 Å². The Hall–Kier alpha value is -1.56. The van der Waals surface area contributed by atoms with Gasteiger partial charge in [-0.15, -0.1) is 0 Å². The molecule has 5 unspecified atom stereocenters. The summed E-state index contributed by atoms with van der Waals surface area (Å²) < 4.78 is 28.2. The largest absolute Gasteiger partial charge is 0.353 e. The molecule has 3 rings (SSSR count). The molecule has 1 N–H and O–H groups in total. The van der Waals surface area contributed by atoms with E-state index >= 15 is 0 Å². The maximum Gasteiger partial charge on any atom is 0.238 e. The van der Waals surface area contributed by atoms with Gasteiger partial charge in [0.2, 0.25) is 15.9 Å². The number of amides is 1. The van der Waals surface area contributed by atoms with Crippen molar-refractivity contribution < 1.29 is 13.2 Å². The van der Waals surface area contributed by atoms with Crippen LogP contribution in [0.4, 0.5) is 5.69 Å². The van der Waals surface area contributed by atoms with Crippen LogP contribution in [-0.2, 0) is 14.8 Å². The van der Waals surface area contributed by atoms with Crippen molar-refractivity contribution in [1.82, 2.24) is 5.32 Å². The first-order chi connectivity index (χ1) is 11.8. The summed E-state index contributed by atoms with van der Waals surface area (Å²) in [4.78, 5) is 11.9. The van der Waals surface area contributed by atoms with E-state index in [-0.39, 0.29) is 35.0 Å². The van der Waals surface area contributed by atoms with Crippen molar-refractivity contribution in [2.24, 2.45) is 17.8 Å². The van der Waals surface area contributed by atoms with E-state index in [9.17, 15) is 13.2 Å². The number of anilines is 1. The van der Waals surface area contributed by atoms with Crippen LogP contribution in [0.5, 0.6) is 0 Å². The number of hydrogen-bond donors (Lipinski definition) is 1. The van der Waals surface area contributed by atoms with E-state index in [0.717, 1.165) is 5.69 Å². The molecule has 5 nitrogen and oxygen atoms in total. The van der Waals surface area contributed by atoms with Gasteiger partial charge in [0, 0.05) is 19.0 Å². The number of hydrogen-bond acceptors (Lipinski definition) is 3. The monoisotopic (exact) mass is 364 g/mol. The quantitative estimate of drug-likeness (QED) is 0.893. The Kier molecular flexibility index (Phi) is 5.09. The van der Waals surface area contributed by atoms with E-state index in [1.807, 2.05) is 37.3 Å². The van der Waals surface area contributed by atoms with E-state index in [1.165, 1.54) is 4.31 Å². The minimum atomic E-state index is -3.43. The zero-order chi connectivity index (χ0) is 18.2. The second-order valence-corrected chi connectivity index (χ2v) is 9.69. The van der Waals surface area contributed by atoms with Crippen LogP contribution >= 0.6 is 0 Å². The molecule has 2 fully saturated rings. The molecule has 0 spiro atoms. The van der Waals surface area contributed by atoms with Gasteiger partial charge in [-0.3, -0.25) is 9.10 Å². The number of benzene rings is 1. The second kappa shape index (κ2) is 6.98. The number of nitrogens with zero attached hydrogens (tertiary/aromatic N) is 1. The Morgan fingerprint density at radius 2 is 1.80 bits per heavy atom. The third-order valence-corrected chi connectivity index (χ3v) is 8.18. The lowest BCUT2D eigenvalue weighted by Gasteiger charge is -2.46. The molecule has 1 aromatic rings. The molecular weight excluding hydrogens is 336 g/mol. The number of rotatable bonds is 4. The molecule has 1 aliphatic heterocycles. The predicted octanol–water partition coefficient (Wildman–Crippen LogP) is 2.78. The van der Waals surface area contributed by atoms with Crippen LogP contribution in [0.1, 0.15) is 40.0 Å². The van der Waals surface area contributed by atoms with Crippen molar-refractivity contribution >= 4 is 21.6 Å². The lowest BCUT2D eigenvalue weighted by atomic mass is 9.69. The maximum atomic E-state index is 13.3. The first-order valence-corrected chi connectivity index (χ1v) is 10.7. The van der Waals surface area contributed by atoms with Gasteiger partial charge in [0.1, 0.15) is 0 Å². The third-order valence-electron chi connectivity index (χ3n) is 5.87. The standard InChI is InChI=1S/C19H28N2O3S/c1-4-21(15-8-6-5-7-9-15)25(23,24)16-10-14(3)19-17(12-16)13(2)11-18(22)20-19/h5-9,13-14,16-17,19H,4,10-12H2,1-3H3,(H,20,22). The van der Waals surface area contributed by atoms with Crippen molar-refractivity contribution in [3.8, 4) is 0 Å². The number of carbonyl (C=O) groups is 1. The minimum Gasteiger partial charge on any atom is -0.353 e. The SMILES string of the molecule is CCN(c1ccccc1)S(=O)(=O)C1CC(C)C2NC(=O)CC(C)C2C1. The number of sulfonamides is 1. The fraction of sp³-hybridized carbons (Fsp3) is 0.632. The molecule has 6 heteroatoms. The molecule has 1 aliphatic carbocycles. The van der Waals surface area contributed by atoms with Gasteiger partial charge in [-0.25, -0.2) is 8.42 Å². The average molecular weight is 365 g/mol. The molecule has 138 valence electrons. The van der Waals surface area contributed by atoms with E-state index < -0.39 is 10.0 Å². The van der Waals surface area contributed by atoms with Gasteiger partial charge in [-0.05, 0) is 49.7 Å². The molecule has 25 heavy (non-hydrogen) atoms.